The zero-order valence-electron chi connectivity index (χ0n) is 11.9. The smallest absolute Gasteiger partial charge is 0.222 e. The lowest BCUT2D eigenvalue weighted by Crippen LogP contribution is -2.29. The fourth-order valence-electron chi connectivity index (χ4n) is 2.26. The largest absolute Gasteiger partial charge is 0.361 e. The highest BCUT2D eigenvalue weighted by Gasteiger charge is 2.11. The number of likely N-dealkylation sites (N-methyl/N-ethyl adjacent to an activating group) is 1. The first-order valence-electron chi connectivity index (χ1n) is 6.87. The Morgan fingerprint density at radius 3 is 2.79 bits per heavy atom. The number of fused-ring (bicyclic) bond motifs is 1. The third-order valence-electron chi connectivity index (χ3n) is 3.40. The quantitative estimate of drug-likeness (QED) is 0.878. The first-order valence-corrected chi connectivity index (χ1v) is 6.87. The molecule has 1 aromatic heterocycles. The van der Waals surface area contributed by atoms with E-state index in [9.17, 15) is 4.79 Å². The van der Waals surface area contributed by atoms with E-state index in [2.05, 4.69) is 31.0 Å². The van der Waals surface area contributed by atoms with Gasteiger partial charge in [0.05, 0.1) is 0 Å². The topological polar surface area (TPSA) is 36.1 Å². The van der Waals surface area contributed by atoms with Gasteiger partial charge in [-0.15, -0.1) is 0 Å². The van der Waals surface area contributed by atoms with Gasteiger partial charge in [-0.05, 0) is 24.0 Å². The molecule has 19 heavy (non-hydrogen) atoms. The maximum atomic E-state index is 11.9. The number of aromatic amines is 1. The molecule has 1 aromatic carbocycles. The fraction of sp³-hybridized carbons (Fsp3) is 0.438. The van der Waals surface area contributed by atoms with E-state index in [1.54, 1.807) is 0 Å². The van der Waals surface area contributed by atoms with E-state index < -0.39 is 0 Å². The van der Waals surface area contributed by atoms with Crippen LogP contribution in [-0.4, -0.2) is 29.4 Å². The molecule has 0 radical (unpaired) electrons. The highest BCUT2D eigenvalue weighted by atomic mass is 16.2. The number of hydrogen-bond acceptors (Lipinski definition) is 1. The van der Waals surface area contributed by atoms with E-state index in [0.29, 0.717) is 12.3 Å². The average molecular weight is 258 g/mol. The van der Waals surface area contributed by atoms with Crippen LogP contribution in [-0.2, 0) is 11.2 Å². The average Bonchev–Trinajstić information content (AvgIpc) is 2.78. The lowest BCUT2D eigenvalue weighted by molar-refractivity contribution is -0.130. The summed E-state index contributed by atoms with van der Waals surface area (Å²) in [4.78, 5) is 17.0. The third kappa shape index (κ3) is 3.37. The normalized spacial score (nSPS) is 11.2. The molecule has 2 rings (SSSR count). The molecule has 0 saturated carbocycles. The Morgan fingerprint density at radius 2 is 2.05 bits per heavy atom. The zero-order chi connectivity index (χ0) is 13.8. The van der Waals surface area contributed by atoms with Crippen LogP contribution in [0, 0.1) is 5.92 Å². The Balaban J connectivity index is 1.97. The van der Waals surface area contributed by atoms with E-state index >= 15 is 0 Å². The van der Waals surface area contributed by atoms with Crippen LogP contribution in [0.3, 0.4) is 0 Å². The SMILES string of the molecule is CC(C)CC(=O)N(C)CCc1c[nH]c2ccccc12. The Labute approximate surface area is 114 Å². The number of rotatable bonds is 5. The van der Waals surface area contributed by atoms with Crippen molar-refractivity contribution in [1.29, 1.82) is 0 Å². The molecule has 0 aliphatic heterocycles. The second kappa shape index (κ2) is 5.91. The van der Waals surface area contributed by atoms with Gasteiger partial charge in [0, 0.05) is 37.1 Å². The van der Waals surface area contributed by atoms with Crippen molar-refractivity contribution in [2.75, 3.05) is 13.6 Å². The van der Waals surface area contributed by atoms with Crippen LogP contribution in [0.15, 0.2) is 30.5 Å². The first-order chi connectivity index (χ1) is 9.08. The van der Waals surface area contributed by atoms with Gasteiger partial charge in [-0.3, -0.25) is 4.79 Å². The Kier molecular flexibility index (Phi) is 4.25. The molecule has 0 unspecified atom stereocenters. The predicted molar refractivity (Wildman–Crippen MR) is 79.1 cm³/mol. The van der Waals surface area contributed by atoms with Crippen molar-refractivity contribution >= 4 is 16.8 Å². The van der Waals surface area contributed by atoms with Gasteiger partial charge >= 0.3 is 0 Å². The van der Waals surface area contributed by atoms with Gasteiger partial charge in [0.1, 0.15) is 0 Å². The lowest BCUT2D eigenvalue weighted by atomic mass is 10.1. The monoisotopic (exact) mass is 258 g/mol. The number of benzene rings is 1. The zero-order valence-corrected chi connectivity index (χ0v) is 11.9. The molecule has 1 N–H and O–H groups in total. The molecule has 2 aromatic rings. The van der Waals surface area contributed by atoms with Crippen molar-refractivity contribution in [3.8, 4) is 0 Å². The molecule has 0 aliphatic rings. The standard InChI is InChI=1S/C16H22N2O/c1-12(2)10-16(19)18(3)9-8-13-11-17-15-7-5-4-6-14(13)15/h4-7,11-12,17H,8-10H2,1-3H3. The van der Waals surface area contributed by atoms with Gasteiger partial charge in [0.15, 0.2) is 0 Å². The maximum absolute atomic E-state index is 11.9. The van der Waals surface area contributed by atoms with Gasteiger partial charge in [0.25, 0.3) is 0 Å². The van der Waals surface area contributed by atoms with Crippen molar-refractivity contribution in [3.63, 3.8) is 0 Å². The number of H-pyrrole nitrogens is 1. The Bertz CT molecular complexity index is 557. The van der Waals surface area contributed by atoms with Crippen molar-refractivity contribution in [3.05, 3.63) is 36.0 Å². The molecule has 3 heteroatoms. The molecular weight excluding hydrogens is 236 g/mol. The molecule has 0 bridgehead atoms. The minimum atomic E-state index is 0.231. The summed E-state index contributed by atoms with van der Waals surface area (Å²) in [5, 5.41) is 1.26. The van der Waals surface area contributed by atoms with Crippen LogP contribution >= 0.6 is 0 Å². The summed E-state index contributed by atoms with van der Waals surface area (Å²) in [6.45, 7) is 4.92. The summed E-state index contributed by atoms with van der Waals surface area (Å²) in [6, 6.07) is 8.28. The van der Waals surface area contributed by atoms with Crippen LogP contribution in [0.5, 0.6) is 0 Å². The third-order valence-corrected chi connectivity index (χ3v) is 3.40. The molecule has 0 fully saturated rings. The van der Waals surface area contributed by atoms with Crippen LogP contribution in [0.4, 0.5) is 0 Å². The number of hydrogen-bond donors (Lipinski definition) is 1. The number of nitrogens with zero attached hydrogens (tertiary/aromatic N) is 1. The molecule has 102 valence electrons. The van der Waals surface area contributed by atoms with Crippen LogP contribution < -0.4 is 0 Å². The fourth-order valence-corrected chi connectivity index (χ4v) is 2.26. The molecule has 0 aliphatic carbocycles. The molecular formula is C16H22N2O. The van der Waals surface area contributed by atoms with Gasteiger partial charge in [0.2, 0.25) is 5.91 Å². The summed E-state index contributed by atoms with van der Waals surface area (Å²) in [5.74, 6) is 0.651. The van der Waals surface area contributed by atoms with Crippen LogP contribution in [0.1, 0.15) is 25.8 Å². The van der Waals surface area contributed by atoms with Gasteiger partial charge in [-0.1, -0.05) is 32.0 Å². The van der Waals surface area contributed by atoms with E-state index in [1.807, 2.05) is 30.3 Å². The van der Waals surface area contributed by atoms with Crippen molar-refractivity contribution in [1.82, 2.24) is 9.88 Å². The minimum absolute atomic E-state index is 0.231. The highest BCUT2D eigenvalue weighted by molar-refractivity contribution is 5.83. The van der Waals surface area contributed by atoms with Crippen LogP contribution in [0.2, 0.25) is 0 Å². The second-order valence-corrected chi connectivity index (χ2v) is 5.52. The Hall–Kier alpha value is -1.77. The number of para-hydroxylation sites is 1. The summed E-state index contributed by atoms with van der Waals surface area (Å²) >= 11 is 0. The molecule has 3 nitrogen and oxygen atoms in total. The predicted octanol–water partition coefficient (Wildman–Crippen LogP) is 3.21. The second-order valence-electron chi connectivity index (χ2n) is 5.52. The molecule has 0 saturated heterocycles. The summed E-state index contributed by atoms with van der Waals surface area (Å²) < 4.78 is 0. The van der Waals surface area contributed by atoms with E-state index in [0.717, 1.165) is 18.5 Å². The van der Waals surface area contributed by atoms with E-state index in [-0.39, 0.29) is 5.91 Å². The highest BCUT2D eigenvalue weighted by Crippen LogP contribution is 2.18. The van der Waals surface area contributed by atoms with Gasteiger partial charge in [-0.2, -0.15) is 0 Å². The van der Waals surface area contributed by atoms with Gasteiger partial charge in [-0.25, -0.2) is 0 Å². The minimum Gasteiger partial charge on any atom is -0.361 e. The molecule has 1 amide bonds. The van der Waals surface area contributed by atoms with Crippen molar-refractivity contribution in [2.24, 2.45) is 5.92 Å². The summed E-state index contributed by atoms with van der Waals surface area (Å²) in [5.41, 5.74) is 2.44. The first kappa shape index (κ1) is 13.7. The van der Waals surface area contributed by atoms with Crippen molar-refractivity contribution in [2.45, 2.75) is 26.7 Å². The van der Waals surface area contributed by atoms with Gasteiger partial charge < -0.3 is 9.88 Å². The summed E-state index contributed by atoms with van der Waals surface area (Å²) in [7, 11) is 1.89. The van der Waals surface area contributed by atoms with Crippen molar-refractivity contribution < 1.29 is 4.79 Å². The molecule has 0 spiro atoms. The number of carbonyl (C=O) groups is 1. The van der Waals surface area contributed by atoms with E-state index in [1.165, 1.54) is 10.9 Å². The number of amides is 1. The number of nitrogens with one attached hydrogen (secondary N) is 1. The molecule has 1 heterocycles. The number of aromatic nitrogens is 1. The maximum Gasteiger partial charge on any atom is 0.222 e. The van der Waals surface area contributed by atoms with Crippen LogP contribution in [0.25, 0.3) is 10.9 Å². The van der Waals surface area contributed by atoms with E-state index in [4.69, 9.17) is 0 Å². The number of carbonyl (C=O) groups excluding carboxylic acids is 1. The molecule has 0 atom stereocenters. The summed E-state index contributed by atoms with van der Waals surface area (Å²) in [6.07, 6.45) is 3.57. The Morgan fingerprint density at radius 1 is 1.32 bits per heavy atom. The lowest BCUT2D eigenvalue weighted by Gasteiger charge is -2.18.